The summed E-state index contributed by atoms with van der Waals surface area (Å²) in [6.07, 6.45) is 2.46. The van der Waals surface area contributed by atoms with Gasteiger partial charge in [-0.3, -0.25) is 9.59 Å². The van der Waals surface area contributed by atoms with Crippen LogP contribution in [0.5, 0.6) is 0 Å². The zero-order valence-electron chi connectivity index (χ0n) is 18.7. The molecule has 2 atom stereocenters. The molecule has 2 aromatic carbocycles. The lowest BCUT2D eigenvalue weighted by molar-refractivity contribution is -0.123. The topological polar surface area (TPSA) is 58.2 Å². The van der Waals surface area contributed by atoms with E-state index in [2.05, 4.69) is 48.7 Å². The molecule has 0 saturated carbocycles. The molecule has 2 rings (SSSR count). The molecule has 2 N–H and O–H groups in total. The molecule has 0 radical (unpaired) electrons. The second-order valence-electron chi connectivity index (χ2n) is 8.49. The molecule has 0 fully saturated rings. The Bertz CT molecular complexity index is 772. The Hall–Kier alpha value is -2.46. The number of unbranched alkanes of at least 4 members (excludes halogenated alkanes) is 1. The first-order chi connectivity index (χ1) is 14.4. The average Bonchev–Trinajstić information content (AvgIpc) is 2.74. The minimum absolute atomic E-state index is 0.0207. The Morgan fingerprint density at radius 2 is 1.23 bits per heavy atom. The maximum atomic E-state index is 12.8. The largest absolute Gasteiger partial charge is 0.347 e. The summed E-state index contributed by atoms with van der Waals surface area (Å²) in [7, 11) is 0. The van der Waals surface area contributed by atoms with Crippen molar-refractivity contribution in [2.75, 3.05) is 0 Å². The van der Waals surface area contributed by atoms with E-state index in [9.17, 15) is 9.59 Å². The lowest BCUT2D eigenvalue weighted by Crippen LogP contribution is -2.40. The smallest absolute Gasteiger partial charge is 0.220 e. The van der Waals surface area contributed by atoms with Gasteiger partial charge >= 0.3 is 0 Å². The normalized spacial score (nSPS) is 13.3. The number of carbonyl (C=O) groups excluding carboxylic acids is 2. The van der Waals surface area contributed by atoms with Crippen LogP contribution >= 0.6 is 0 Å². The van der Waals surface area contributed by atoms with E-state index in [-0.39, 0.29) is 35.7 Å². The molecule has 0 unspecified atom stereocenters. The SMILES string of the molecule is CC(C)N[C@@H](c1ccccc1)[C@@H](NC(=O)CCCCC(=O)C(C)C)c1ccccc1. The number of amides is 1. The van der Waals surface area contributed by atoms with Gasteiger partial charge in [0.25, 0.3) is 0 Å². The van der Waals surface area contributed by atoms with Crippen molar-refractivity contribution in [1.29, 1.82) is 0 Å². The molecular weight excluding hydrogens is 372 g/mol. The van der Waals surface area contributed by atoms with Crippen molar-refractivity contribution in [3.63, 3.8) is 0 Å². The minimum Gasteiger partial charge on any atom is -0.347 e. The lowest BCUT2D eigenvalue weighted by atomic mass is 9.92. The van der Waals surface area contributed by atoms with Gasteiger partial charge in [0.1, 0.15) is 5.78 Å². The van der Waals surface area contributed by atoms with E-state index in [1.165, 1.54) is 0 Å². The monoisotopic (exact) mass is 408 g/mol. The van der Waals surface area contributed by atoms with Gasteiger partial charge in [-0.05, 0) is 24.0 Å². The highest BCUT2D eigenvalue weighted by molar-refractivity contribution is 5.80. The van der Waals surface area contributed by atoms with Gasteiger partial charge in [-0.15, -0.1) is 0 Å². The van der Waals surface area contributed by atoms with Gasteiger partial charge in [0.15, 0.2) is 0 Å². The standard InChI is InChI=1S/C26H36N2O2/c1-19(2)23(29)17-11-12-18-24(30)28-26(22-15-9-6-10-16-22)25(27-20(3)4)21-13-7-5-8-14-21/h5-10,13-16,19-20,25-27H,11-12,17-18H2,1-4H3,(H,28,30)/t25-,26-/m0/s1. The molecule has 0 aromatic heterocycles. The van der Waals surface area contributed by atoms with Crippen LogP contribution in [0.2, 0.25) is 0 Å². The van der Waals surface area contributed by atoms with Crippen LogP contribution in [0.25, 0.3) is 0 Å². The van der Waals surface area contributed by atoms with Gasteiger partial charge in [0.05, 0.1) is 12.1 Å². The first-order valence-electron chi connectivity index (χ1n) is 11.1. The van der Waals surface area contributed by atoms with Crippen LogP contribution in [-0.4, -0.2) is 17.7 Å². The zero-order chi connectivity index (χ0) is 21.9. The van der Waals surface area contributed by atoms with Crippen molar-refractivity contribution in [2.45, 2.75) is 71.5 Å². The molecule has 0 aliphatic carbocycles. The Balaban J connectivity index is 2.12. The summed E-state index contributed by atoms with van der Waals surface area (Å²) in [4.78, 5) is 24.6. The van der Waals surface area contributed by atoms with Crippen molar-refractivity contribution < 1.29 is 9.59 Å². The van der Waals surface area contributed by atoms with Crippen molar-refractivity contribution in [3.05, 3.63) is 71.8 Å². The molecule has 0 bridgehead atoms. The summed E-state index contributed by atoms with van der Waals surface area (Å²) in [5, 5.41) is 6.90. The molecule has 162 valence electrons. The quantitative estimate of drug-likeness (QED) is 0.464. The number of rotatable bonds is 12. The summed E-state index contributed by atoms with van der Waals surface area (Å²) in [5.41, 5.74) is 2.21. The second kappa shape index (κ2) is 12.3. The molecule has 0 saturated heterocycles. The van der Waals surface area contributed by atoms with Crippen LogP contribution in [0.1, 0.15) is 76.6 Å². The van der Waals surface area contributed by atoms with E-state index in [1.54, 1.807) is 0 Å². The second-order valence-corrected chi connectivity index (χ2v) is 8.49. The first kappa shape index (κ1) is 23.8. The third-order valence-corrected chi connectivity index (χ3v) is 5.20. The maximum Gasteiger partial charge on any atom is 0.220 e. The first-order valence-corrected chi connectivity index (χ1v) is 11.1. The predicted octanol–water partition coefficient (Wildman–Crippen LogP) is 5.37. The fourth-order valence-electron chi connectivity index (χ4n) is 3.54. The zero-order valence-corrected chi connectivity index (χ0v) is 18.7. The van der Waals surface area contributed by atoms with Crippen molar-refractivity contribution in [2.24, 2.45) is 5.92 Å². The number of ketones is 1. The van der Waals surface area contributed by atoms with Crippen LogP contribution in [0.3, 0.4) is 0 Å². The minimum atomic E-state index is -0.180. The molecule has 0 aliphatic rings. The Morgan fingerprint density at radius 1 is 0.733 bits per heavy atom. The summed E-state index contributed by atoms with van der Waals surface area (Å²) >= 11 is 0. The number of nitrogens with one attached hydrogen (secondary N) is 2. The molecule has 0 spiro atoms. The fourth-order valence-corrected chi connectivity index (χ4v) is 3.54. The molecule has 30 heavy (non-hydrogen) atoms. The molecular formula is C26H36N2O2. The van der Waals surface area contributed by atoms with E-state index in [0.717, 1.165) is 24.0 Å². The van der Waals surface area contributed by atoms with Gasteiger partial charge in [0, 0.05) is 24.8 Å². The number of hydrogen-bond donors (Lipinski definition) is 2. The van der Waals surface area contributed by atoms with E-state index >= 15 is 0 Å². The average molecular weight is 409 g/mol. The highest BCUT2D eigenvalue weighted by atomic mass is 16.1. The Kier molecular flexibility index (Phi) is 9.75. The number of benzene rings is 2. The van der Waals surface area contributed by atoms with Gasteiger partial charge in [-0.25, -0.2) is 0 Å². The van der Waals surface area contributed by atoms with Crippen LogP contribution in [0.4, 0.5) is 0 Å². The van der Waals surface area contributed by atoms with Crippen LogP contribution in [0.15, 0.2) is 60.7 Å². The van der Waals surface area contributed by atoms with E-state index < -0.39 is 0 Å². The summed E-state index contributed by atoms with van der Waals surface area (Å²) in [6.45, 7) is 8.08. The van der Waals surface area contributed by atoms with Gasteiger partial charge < -0.3 is 10.6 Å². The van der Waals surface area contributed by atoms with E-state index in [4.69, 9.17) is 0 Å². The number of hydrogen-bond acceptors (Lipinski definition) is 3. The van der Waals surface area contributed by atoms with Crippen LogP contribution in [0, 0.1) is 5.92 Å². The molecule has 4 heteroatoms. The highest BCUT2D eigenvalue weighted by Crippen LogP contribution is 2.29. The lowest BCUT2D eigenvalue weighted by Gasteiger charge is -2.31. The maximum absolute atomic E-state index is 12.8. The van der Waals surface area contributed by atoms with Crippen molar-refractivity contribution in [3.8, 4) is 0 Å². The summed E-state index contributed by atoms with van der Waals surface area (Å²) < 4.78 is 0. The van der Waals surface area contributed by atoms with E-state index in [1.807, 2.05) is 50.2 Å². The number of carbonyl (C=O) groups is 2. The van der Waals surface area contributed by atoms with Gasteiger partial charge in [-0.2, -0.15) is 0 Å². The molecule has 0 heterocycles. The van der Waals surface area contributed by atoms with E-state index in [0.29, 0.717) is 12.8 Å². The third kappa shape index (κ3) is 7.75. The highest BCUT2D eigenvalue weighted by Gasteiger charge is 2.26. The van der Waals surface area contributed by atoms with Crippen molar-refractivity contribution in [1.82, 2.24) is 10.6 Å². The molecule has 2 aromatic rings. The third-order valence-electron chi connectivity index (χ3n) is 5.20. The fraction of sp³-hybridized carbons (Fsp3) is 0.462. The molecule has 4 nitrogen and oxygen atoms in total. The predicted molar refractivity (Wildman–Crippen MR) is 123 cm³/mol. The van der Waals surface area contributed by atoms with Crippen molar-refractivity contribution >= 4 is 11.7 Å². The number of Topliss-reactive ketones (excluding diaryl/α,β-unsaturated/α-hetero) is 1. The Morgan fingerprint density at radius 3 is 1.73 bits per heavy atom. The molecule has 0 aliphatic heterocycles. The summed E-state index contributed by atoms with van der Waals surface area (Å²) in [6, 6.07) is 20.4. The van der Waals surface area contributed by atoms with Crippen LogP contribution < -0.4 is 10.6 Å². The summed E-state index contributed by atoms with van der Waals surface area (Å²) in [5.74, 6) is 0.352. The van der Waals surface area contributed by atoms with Crippen LogP contribution in [-0.2, 0) is 9.59 Å². The Labute approximate surface area is 181 Å². The van der Waals surface area contributed by atoms with Gasteiger partial charge in [0.2, 0.25) is 5.91 Å². The molecule has 1 amide bonds. The van der Waals surface area contributed by atoms with Gasteiger partial charge in [-0.1, -0.05) is 88.4 Å².